The fourth-order valence-electron chi connectivity index (χ4n) is 14.7. The number of para-hydroxylation sites is 2. The van der Waals surface area contributed by atoms with Crippen molar-refractivity contribution >= 4 is 122 Å². The number of rotatable bonds is 6. The number of anilines is 4. The molecule has 3 saturated heterocycles. The lowest BCUT2D eigenvalue weighted by Crippen LogP contribution is -2.48. The Bertz CT molecular complexity index is 5040. The van der Waals surface area contributed by atoms with Crippen LogP contribution in [0.15, 0.2) is 102 Å². The first-order chi connectivity index (χ1) is 46.0. The highest BCUT2D eigenvalue weighted by Gasteiger charge is 2.40. The largest absolute Gasteiger partial charge is 0.416 e. The van der Waals surface area contributed by atoms with Gasteiger partial charge in [-0.05, 0) is 118 Å². The number of halogens is 6. The molecule has 0 unspecified atom stereocenters. The third kappa shape index (κ3) is 12.8. The Balaban J connectivity index is 0.000000110. The molecule has 0 saturated carbocycles. The molecule has 96 heavy (non-hydrogen) atoms. The average molecular weight is 1390 g/mol. The number of aromatic amines is 5. The molecule has 0 aliphatic carbocycles. The first-order valence-corrected chi connectivity index (χ1v) is 35.1. The number of piperidine rings is 3. The second-order valence-corrected chi connectivity index (χ2v) is 29.1. The van der Waals surface area contributed by atoms with Crippen molar-refractivity contribution in [1.29, 1.82) is 0 Å². The Morgan fingerprint density at radius 1 is 0.542 bits per heavy atom. The van der Waals surface area contributed by atoms with Crippen molar-refractivity contribution in [2.45, 2.75) is 90.5 Å². The predicted octanol–water partition coefficient (Wildman–Crippen LogP) is 12.6. The van der Waals surface area contributed by atoms with Crippen LogP contribution in [0.25, 0.3) is 54.6 Å². The van der Waals surface area contributed by atoms with Crippen LogP contribution in [0.2, 0.25) is 15.1 Å². The minimum atomic E-state index is -4.39. The van der Waals surface area contributed by atoms with Gasteiger partial charge in [-0.1, -0.05) is 46.9 Å². The number of imidazole rings is 3. The number of hydrogen-bond acceptors (Lipinski definition) is 13. The maximum atomic E-state index is 13.2. The maximum Gasteiger partial charge on any atom is 0.416 e. The molecule has 502 valence electrons. The van der Waals surface area contributed by atoms with Crippen LogP contribution in [0.5, 0.6) is 0 Å². The first-order valence-electron chi connectivity index (χ1n) is 32.1. The second kappa shape index (κ2) is 25.8. The zero-order chi connectivity index (χ0) is 66.9. The molecule has 5 N–H and O–H groups in total. The summed E-state index contributed by atoms with van der Waals surface area (Å²) >= 11 is 18.8. The molecular formula is C67H73Cl3F3N19O3S. The number of aryl methyl sites for hydroxylation is 2. The smallest absolute Gasteiger partial charge is 0.371 e. The van der Waals surface area contributed by atoms with Gasteiger partial charge < -0.3 is 33.7 Å². The number of sulfonamides is 1. The number of H-pyrrole nitrogens is 5. The Hall–Kier alpha value is -8.56. The Morgan fingerprint density at radius 2 is 0.958 bits per heavy atom. The summed E-state index contributed by atoms with van der Waals surface area (Å²) in [6, 6.07) is 22.1. The van der Waals surface area contributed by atoms with E-state index < -0.39 is 21.8 Å². The minimum Gasteiger partial charge on any atom is -0.371 e. The number of fused-ring (bicyclic) bond motifs is 7. The van der Waals surface area contributed by atoms with Gasteiger partial charge in [0.2, 0.25) is 10.0 Å². The predicted molar refractivity (Wildman–Crippen MR) is 372 cm³/mol. The van der Waals surface area contributed by atoms with Crippen molar-refractivity contribution in [2.24, 2.45) is 19.5 Å². The van der Waals surface area contributed by atoms with E-state index in [1.54, 1.807) is 10.5 Å². The van der Waals surface area contributed by atoms with Gasteiger partial charge in [0.05, 0.1) is 106 Å². The van der Waals surface area contributed by atoms with Crippen LogP contribution in [0.3, 0.4) is 0 Å². The maximum absolute atomic E-state index is 13.2. The standard InChI is InChI=1S/C19H18ClN5O.C17H23ClN4O2S.C16H16F3N5.C15H16ClN5/c20-12-9-16-14(11-21-23-16)18(10-12)24-7-5-13(6-8-24)25-17-4-2-1-3-15(17)22-19(25)26;1-25(23,24)22-8-4-17(5-9-22)2-6-21(7-3-17)16-11-13(18)10-15-14(16)12-19-20-15;1-9-21-12-3-4-24(8-15(12)23(9)2)14-6-10(16(17,18)19)5-13-11(14)7-20-22-13;1-9-18-12-3-4-21(8-15(12)20(9)2)14-6-10(16)5-13-11(14)7-17-19-13/h1-4,9-11,13H,5-8H2,(H,21,23)(H,22,26);10-12H,2-9H2,1H3,(H,19,20);5-7H,3-4,8H2,1-2H3,(H,20,22);5-7H,3-4,8H2,1-2H3,(H,17,19). The van der Waals surface area contributed by atoms with Gasteiger partial charge in [-0.15, -0.1) is 0 Å². The molecule has 17 rings (SSSR count). The van der Waals surface area contributed by atoms with E-state index in [4.69, 9.17) is 34.8 Å². The molecule has 7 aromatic heterocycles. The van der Waals surface area contributed by atoms with E-state index in [-0.39, 0.29) is 17.1 Å². The summed E-state index contributed by atoms with van der Waals surface area (Å²) < 4.78 is 70.8. The molecule has 22 nitrogen and oxygen atoms in total. The second-order valence-electron chi connectivity index (χ2n) is 25.8. The molecule has 0 radical (unpaired) electrons. The van der Waals surface area contributed by atoms with Gasteiger partial charge in [-0.3, -0.25) is 25.0 Å². The Kier molecular flexibility index (Phi) is 17.4. The van der Waals surface area contributed by atoms with E-state index in [0.29, 0.717) is 59.2 Å². The van der Waals surface area contributed by atoms with Crippen LogP contribution >= 0.6 is 34.8 Å². The molecule has 0 atom stereocenters. The van der Waals surface area contributed by atoms with E-state index in [0.717, 1.165) is 179 Å². The average Bonchev–Trinajstić information content (AvgIpc) is 1.42. The highest BCUT2D eigenvalue weighted by atomic mass is 35.5. The van der Waals surface area contributed by atoms with Crippen LogP contribution in [-0.4, -0.2) is 141 Å². The van der Waals surface area contributed by atoms with E-state index >= 15 is 0 Å². The summed E-state index contributed by atoms with van der Waals surface area (Å²) in [6.07, 6.45) is 11.7. The lowest BCUT2D eigenvalue weighted by Gasteiger charge is -2.47. The number of hydrogen-bond donors (Lipinski definition) is 5. The molecule has 1 spiro atoms. The van der Waals surface area contributed by atoms with Gasteiger partial charge in [0.1, 0.15) is 11.6 Å². The third-order valence-corrected chi connectivity index (χ3v) is 22.2. The van der Waals surface area contributed by atoms with E-state index in [1.165, 1.54) is 23.7 Å². The molecule has 12 aromatic rings. The number of alkyl halides is 3. The van der Waals surface area contributed by atoms with Crippen LogP contribution < -0.4 is 25.3 Å². The summed E-state index contributed by atoms with van der Waals surface area (Å²) in [4.78, 5) is 33.6. The molecule has 3 fully saturated rings. The lowest BCUT2D eigenvalue weighted by molar-refractivity contribution is -0.137. The SMILES string of the molecule is CS(=O)(=O)N1CCC2(CCN(c3cc(Cl)cc4[nH]ncc34)CC2)CC1.Cc1nc2c(n1C)CN(c1cc(C(F)(F)F)cc3[nH]ncc13)CC2.Cc1nc2c(n1C)CN(c1cc(Cl)cc3[nH]ncc13)CC2.O=c1[nH]c2ccccc2n1C1CCN(c2cc(Cl)cc3[nH]ncc23)CC1. The van der Waals surface area contributed by atoms with Crippen molar-refractivity contribution in [3.8, 4) is 0 Å². The van der Waals surface area contributed by atoms with Crippen LogP contribution in [0.1, 0.15) is 84.6 Å². The van der Waals surface area contributed by atoms with E-state index in [2.05, 4.69) is 89.0 Å². The van der Waals surface area contributed by atoms with E-state index in [1.807, 2.05) is 107 Å². The van der Waals surface area contributed by atoms with Crippen LogP contribution in [-0.2, 0) is 56.2 Å². The summed E-state index contributed by atoms with van der Waals surface area (Å²) in [7, 11) is 0.954. The van der Waals surface area contributed by atoms with Gasteiger partial charge >= 0.3 is 11.9 Å². The first kappa shape index (κ1) is 64.8. The number of nitrogens with zero attached hydrogens (tertiary/aromatic N) is 14. The van der Waals surface area contributed by atoms with Gasteiger partial charge in [0, 0.05) is 145 Å². The summed E-state index contributed by atoms with van der Waals surface area (Å²) in [6.45, 7) is 12.0. The van der Waals surface area contributed by atoms with E-state index in [9.17, 15) is 26.4 Å². The molecular weight excluding hydrogens is 1310 g/mol. The molecule has 0 amide bonds. The molecule has 5 aliphatic heterocycles. The number of benzene rings is 5. The summed E-state index contributed by atoms with van der Waals surface area (Å²) in [5.74, 6) is 1.99. The molecule has 5 aliphatic rings. The van der Waals surface area contributed by atoms with Gasteiger partial charge in [-0.2, -0.15) is 33.6 Å². The molecule has 29 heteroatoms. The lowest BCUT2D eigenvalue weighted by atomic mass is 9.71. The van der Waals surface area contributed by atoms with Crippen molar-refractivity contribution < 1.29 is 21.6 Å². The zero-order valence-corrected chi connectivity index (χ0v) is 56.8. The minimum absolute atomic E-state index is 0.0235. The number of nitrogens with one attached hydrogen (secondary N) is 5. The van der Waals surface area contributed by atoms with Gasteiger partial charge in [0.15, 0.2) is 0 Å². The normalized spacial score (nSPS) is 17.0. The van der Waals surface area contributed by atoms with Gasteiger partial charge in [-0.25, -0.2) is 27.5 Å². The van der Waals surface area contributed by atoms with Crippen LogP contribution in [0.4, 0.5) is 35.9 Å². The summed E-state index contributed by atoms with van der Waals surface area (Å²) in [5.41, 5.74) is 13.3. The molecule has 5 aromatic carbocycles. The van der Waals surface area contributed by atoms with Crippen LogP contribution in [0, 0.1) is 19.3 Å². The Morgan fingerprint density at radius 3 is 1.42 bits per heavy atom. The van der Waals surface area contributed by atoms with Crippen molar-refractivity contribution in [3.63, 3.8) is 0 Å². The molecule has 0 bridgehead atoms. The third-order valence-electron chi connectivity index (χ3n) is 20.2. The summed E-state index contributed by atoms with van der Waals surface area (Å²) in [5, 5.41) is 34.1. The van der Waals surface area contributed by atoms with Crippen molar-refractivity contribution in [1.82, 2.24) is 73.7 Å². The number of aromatic nitrogens is 14. The topological polar surface area (TPSA) is 238 Å². The Labute approximate surface area is 565 Å². The molecule has 12 heterocycles. The zero-order valence-electron chi connectivity index (χ0n) is 53.7. The highest BCUT2D eigenvalue weighted by molar-refractivity contribution is 7.88. The monoisotopic (exact) mass is 1390 g/mol. The quantitative estimate of drug-likeness (QED) is 0.104. The van der Waals surface area contributed by atoms with Crippen molar-refractivity contribution in [2.75, 3.05) is 78.2 Å². The fourth-order valence-corrected chi connectivity index (χ4v) is 16.2. The highest BCUT2D eigenvalue weighted by Crippen LogP contribution is 2.45. The van der Waals surface area contributed by atoms with Crippen molar-refractivity contribution in [3.05, 3.63) is 163 Å². The van der Waals surface area contributed by atoms with Gasteiger partial charge in [0.25, 0.3) is 0 Å². The fraction of sp³-hybridized carbons (Fsp3) is 0.388.